The van der Waals surface area contributed by atoms with Crippen LogP contribution >= 0.6 is 0 Å². The zero-order valence-corrected chi connectivity index (χ0v) is 14.4. The Balaban J connectivity index is 1.94. The van der Waals surface area contributed by atoms with Crippen molar-refractivity contribution in [3.05, 3.63) is 41.0 Å². The first-order valence-corrected chi connectivity index (χ1v) is 7.78. The molecule has 1 aromatic carbocycles. The highest BCUT2D eigenvalue weighted by Crippen LogP contribution is 2.23. The average molecular weight is 316 g/mol. The SMILES string of the molecule is Cc1nc(CCN(C)C(=O)Nc2ccc(C)c(C(C)C)c2)no1. The molecule has 0 saturated heterocycles. The molecule has 0 fully saturated rings. The van der Waals surface area contributed by atoms with Crippen LogP contribution in [0.1, 0.15) is 42.6 Å². The molecule has 0 unspecified atom stereocenters. The Morgan fingerprint density at radius 1 is 1.35 bits per heavy atom. The number of hydrogen-bond donors (Lipinski definition) is 1. The van der Waals surface area contributed by atoms with Crippen molar-refractivity contribution >= 4 is 11.7 Å². The van der Waals surface area contributed by atoms with Gasteiger partial charge in [-0.15, -0.1) is 0 Å². The van der Waals surface area contributed by atoms with Gasteiger partial charge >= 0.3 is 6.03 Å². The van der Waals surface area contributed by atoms with Crippen molar-refractivity contribution in [1.82, 2.24) is 15.0 Å². The van der Waals surface area contributed by atoms with Gasteiger partial charge in [0.15, 0.2) is 5.82 Å². The number of anilines is 1. The van der Waals surface area contributed by atoms with Crippen LogP contribution in [0, 0.1) is 13.8 Å². The van der Waals surface area contributed by atoms with E-state index in [2.05, 4.69) is 36.2 Å². The molecule has 0 aliphatic carbocycles. The summed E-state index contributed by atoms with van der Waals surface area (Å²) in [5, 5.41) is 6.76. The molecule has 2 aromatic rings. The van der Waals surface area contributed by atoms with Crippen molar-refractivity contribution < 1.29 is 9.32 Å². The Morgan fingerprint density at radius 2 is 2.09 bits per heavy atom. The molecule has 1 heterocycles. The largest absolute Gasteiger partial charge is 0.340 e. The summed E-state index contributed by atoms with van der Waals surface area (Å²) in [6.45, 7) is 8.64. The van der Waals surface area contributed by atoms with Gasteiger partial charge in [0.25, 0.3) is 0 Å². The van der Waals surface area contributed by atoms with Gasteiger partial charge in [-0.05, 0) is 36.1 Å². The Hall–Kier alpha value is -2.37. The normalized spacial score (nSPS) is 10.9. The predicted molar refractivity (Wildman–Crippen MR) is 89.7 cm³/mol. The molecule has 0 aliphatic heterocycles. The fourth-order valence-electron chi connectivity index (χ4n) is 2.37. The summed E-state index contributed by atoms with van der Waals surface area (Å²) in [6, 6.07) is 5.85. The summed E-state index contributed by atoms with van der Waals surface area (Å²) in [5.74, 6) is 1.57. The first-order chi connectivity index (χ1) is 10.9. The first-order valence-electron chi connectivity index (χ1n) is 7.78. The molecule has 0 radical (unpaired) electrons. The Morgan fingerprint density at radius 3 is 2.70 bits per heavy atom. The standard InChI is InChI=1S/C17H24N4O2/c1-11(2)15-10-14(7-6-12(15)3)19-17(22)21(5)9-8-16-18-13(4)23-20-16/h6-7,10-11H,8-9H2,1-5H3,(H,19,22). The highest BCUT2D eigenvalue weighted by atomic mass is 16.5. The fourth-order valence-corrected chi connectivity index (χ4v) is 2.37. The lowest BCUT2D eigenvalue weighted by molar-refractivity contribution is 0.222. The minimum atomic E-state index is -0.149. The van der Waals surface area contributed by atoms with Crippen molar-refractivity contribution in [3.8, 4) is 0 Å². The maximum Gasteiger partial charge on any atom is 0.321 e. The van der Waals surface area contributed by atoms with Crippen molar-refractivity contribution in [2.24, 2.45) is 0 Å². The van der Waals surface area contributed by atoms with Crippen molar-refractivity contribution in [2.45, 2.75) is 40.0 Å². The number of nitrogens with zero attached hydrogens (tertiary/aromatic N) is 3. The number of urea groups is 1. The molecule has 0 spiro atoms. The quantitative estimate of drug-likeness (QED) is 0.916. The molecular weight excluding hydrogens is 292 g/mol. The van der Waals surface area contributed by atoms with E-state index in [1.807, 2.05) is 18.2 Å². The van der Waals surface area contributed by atoms with E-state index in [1.165, 1.54) is 11.1 Å². The third-order valence-corrected chi connectivity index (χ3v) is 3.74. The molecule has 0 atom stereocenters. The minimum absolute atomic E-state index is 0.149. The average Bonchev–Trinajstić information content (AvgIpc) is 2.92. The predicted octanol–water partition coefficient (Wildman–Crippen LogP) is 3.52. The number of hydrogen-bond acceptors (Lipinski definition) is 4. The van der Waals surface area contributed by atoms with Crippen LogP contribution in [0.3, 0.4) is 0 Å². The third kappa shape index (κ3) is 4.55. The first kappa shape index (κ1) is 17.0. The molecule has 0 bridgehead atoms. The Bertz CT molecular complexity index is 679. The van der Waals surface area contributed by atoms with Crippen LogP contribution in [0.2, 0.25) is 0 Å². The second-order valence-electron chi connectivity index (χ2n) is 6.06. The van der Waals surface area contributed by atoms with Crippen molar-refractivity contribution in [1.29, 1.82) is 0 Å². The third-order valence-electron chi connectivity index (χ3n) is 3.74. The second kappa shape index (κ2) is 7.26. The van der Waals surface area contributed by atoms with Gasteiger partial charge in [-0.3, -0.25) is 0 Å². The number of carbonyl (C=O) groups excluding carboxylic acids is 1. The lowest BCUT2D eigenvalue weighted by Gasteiger charge is -2.18. The molecule has 1 aromatic heterocycles. The number of amides is 2. The number of rotatable bonds is 5. The molecule has 6 nitrogen and oxygen atoms in total. The van der Waals surface area contributed by atoms with E-state index in [1.54, 1.807) is 18.9 Å². The van der Waals surface area contributed by atoms with Crippen LogP contribution in [0.4, 0.5) is 10.5 Å². The van der Waals surface area contributed by atoms with Gasteiger partial charge in [0, 0.05) is 32.6 Å². The van der Waals surface area contributed by atoms with Gasteiger partial charge in [0.2, 0.25) is 5.89 Å². The summed E-state index contributed by atoms with van der Waals surface area (Å²) < 4.78 is 4.92. The van der Waals surface area contributed by atoms with Crippen LogP contribution in [-0.2, 0) is 6.42 Å². The smallest absolute Gasteiger partial charge is 0.321 e. The summed E-state index contributed by atoms with van der Waals surface area (Å²) in [6.07, 6.45) is 0.562. The summed E-state index contributed by atoms with van der Waals surface area (Å²) >= 11 is 0. The molecule has 6 heteroatoms. The summed E-state index contributed by atoms with van der Waals surface area (Å²) in [5.41, 5.74) is 3.29. The van der Waals surface area contributed by atoms with E-state index in [0.29, 0.717) is 30.6 Å². The lowest BCUT2D eigenvalue weighted by Crippen LogP contribution is -2.33. The van der Waals surface area contributed by atoms with Crippen LogP contribution in [0.5, 0.6) is 0 Å². The number of benzene rings is 1. The van der Waals surface area contributed by atoms with Gasteiger partial charge in [-0.2, -0.15) is 4.98 Å². The van der Waals surface area contributed by atoms with E-state index in [9.17, 15) is 4.79 Å². The maximum absolute atomic E-state index is 12.3. The Kier molecular flexibility index (Phi) is 5.36. The summed E-state index contributed by atoms with van der Waals surface area (Å²) in [4.78, 5) is 18.0. The van der Waals surface area contributed by atoms with Gasteiger partial charge in [-0.1, -0.05) is 25.1 Å². The molecule has 23 heavy (non-hydrogen) atoms. The highest BCUT2D eigenvalue weighted by Gasteiger charge is 2.12. The van der Waals surface area contributed by atoms with E-state index < -0.39 is 0 Å². The zero-order chi connectivity index (χ0) is 17.0. The molecule has 2 amide bonds. The van der Waals surface area contributed by atoms with Crippen LogP contribution in [0.15, 0.2) is 22.7 Å². The van der Waals surface area contributed by atoms with Gasteiger partial charge < -0.3 is 14.7 Å². The van der Waals surface area contributed by atoms with E-state index in [0.717, 1.165) is 5.69 Å². The van der Waals surface area contributed by atoms with E-state index >= 15 is 0 Å². The second-order valence-corrected chi connectivity index (χ2v) is 6.06. The van der Waals surface area contributed by atoms with E-state index in [-0.39, 0.29) is 6.03 Å². The van der Waals surface area contributed by atoms with Crippen LogP contribution in [0.25, 0.3) is 0 Å². The molecule has 2 rings (SSSR count). The minimum Gasteiger partial charge on any atom is -0.340 e. The van der Waals surface area contributed by atoms with Gasteiger partial charge in [-0.25, -0.2) is 4.79 Å². The fraction of sp³-hybridized carbons (Fsp3) is 0.471. The van der Waals surface area contributed by atoms with Crippen LogP contribution < -0.4 is 5.32 Å². The molecule has 0 aliphatic rings. The summed E-state index contributed by atoms with van der Waals surface area (Å²) in [7, 11) is 1.75. The van der Waals surface area contributed by atoms with Crippen molar-refractivity contribution in [3.63, 3.8) is 0 Å². The molecule has 124 valence electrons. The monoisotopic (exact) mass is 316 g/mol. The maximum atomic E-state index is 12.3. The van der Waals surface area contributed by atoms with Crippen LogP contribution in [-0.4, -0.2) is 34.7 Å². The number of aromatic nitrogens is 2. The topological polar surface area (TPSA) is 71.3 Å². The number of nitrogens with one attached hydrogen (secondary N) is 1. The van der Waals surface area contributed by atoms with Gasteiger partial charge in [0.05, 0.1) is 0 Å². The number of carbonyl (C=O) groups is 1. The highest BCUT2D eigenvalue weighted by molar-refractivity contribution is 5.89. The van der Waals surface area contributed by atoms with E-state index in [4.69, 9.17) is 4.52 Å². The number of aryl methyl sites for hydroxylation is 2. The molecule has 1 N–H and O–H groups in total. The van der Waals surface area contributed by atoms with Gasteiger partial charge in [0.1, 0.15) is 0 Å². The lowest BCUT2D eigenvalue weighted by atomic mass is 9.97. The Labute approximate surface area is 136 Å². The van der Waals surface area contributed by atoms with Crippen molar-refractivity contribution in [2.75, 3.05) is 18.9 Å². The molecular formula is C17H24N4O2. The zero-order valence-electron chi connectivity index (χ0n) is 14.4. The number of likely N-dealkylation sites (N-methyl/N-ethyl adjacent to an activating group) is 1. The molecule has 0 saturated carbocycles.